The second kappa shape index (κ2) is 6.62. The fourth-order valence-electron chi connectivity index (χ4n) is 3.34. The van der Waals surface area contributed by atoms with Crippen molar-refractivity contribution in [1.29, 1.82) is 0 Å². The van der Waals surface area contributed by atoms with Gasteiger partial charge in [-0.3, -0.25) is 14.0 Å². The van der Waals surface area contributed by atoms with Gasteiger partial charge in [-0.2, -0.15) is 5.10 Å². The highest BCUT2D eigenvalue weighted by Gasteiger charge is 2.25. The maximum Gasteiger partial charge on any atom is 0.281 e. The maximum absolute atomic E-state index is 13.1. The largest absolute Gasteiger partial charge is 0.366 e. The molecule has 8 nitrogen and oxygen atoms in total. The van der Waals surface area contributed by atoms with Gasteiger partial charge in [0.05, 0.1) is 5.69 Å². The molecule has 0 bridgehead atoms. The molecule has 0 amide bonds. The molecule has 0 spiro atoms. The molecule has 1 fully saturated rings. The van der Waals surface area contributed by atoms with E-state index in [1.165, 1.54) is 0 Å². The second-order valence-electron chi connectivity index (χ2n) is 6.62. The molecule has 9 heteroatoms. The van der Waals surface area contributed by atoms with E-state index in [2.05, 4.69) is 20.2 Å². The zero-order chi connectivity index (χ0) is 18.3. The molecule has 136 valence electrons. The van der Waals surface area contributed by atoms with E-state index in [-0.39, 0.29) is 11.6 Å². The van der Waals surface area contributed by atoms with Crippen LogP contribution >= 0.6 is 12.2 Å². The summed E-state index contributed by atoms with van der Waals surface area (Å²) in [5, 5.41) is 8.15. The van der Waals surface area contributed by atoms with Crippen LogP contribution in [0.2, 0.25) is 0 Å². The number of nitrogens with zero attached hydrogens (tertiary/aromatic N) is 6. The Morgan fingerprint density at radius 2 is 1.88 bits per heavy atom. The molecule has 1 aliphatic rings. The van der Waals surface area contributed by atoms with Crippen LogP contribution in [0.1, 0.15) is 25.6 Å². The summed E-state index contributed by atoms with van der Waals surface area (Å²) in [4.78, 5) is 22.2. The van der Waals surface area contributed by atoms with Crippen molar-refractivity contribution in [3.05, 3.63) is 16.0 Å². The average molecular weight is 363 g/mol. The quantitative estimate of drug-likeness (QED) is 0.786. The lowest BCUT2D eigenvalue weighted by atomic mass is 10.3. The van der Waals surface area contributed by atoms with Gasteiger partial charge in [0.25, 0.3) is 5.56 Å². The van der Waals surface area contributed by atoms with Crippen LogP contribution in [0.3, 0.4) is 0 Å². The summed E-state index contributed by atoms with van der Waals surface area (Å²) in [6, 6.07) is 0.0195. The van der Waals surface area contributed by atoms with Gasteiger partial charge < -0.3 is 15.1 Å². The molecular weight excluding hydrogens is 338 g/mol. The highest BCUT2D eigenvalue weighted by atomic mass is 32.1. The minimum Gasteiger partial charge on any atom is -0.366 e. The van der Waals surface area contributed by atoms with Gasteiger partial charge in [0.1, 0.15) is 5.52 Å². The van der Waals surface area contributed by atoms with Crippen molar-refractivity contribution in [2.45, 2.75) is 26.8 Å². The number of hydrogen-bond donors (Lipinski definition) is 1. The summed E-state index contributed by atoms with van der Waals surface area (Å²) < 4.78 is 3.40. The highest BCUT2D eigenvalue weighted by molar-refractivity contribution is 7.80. The zero-order valence-electron chi connectivity index (χ0n) is 15.4. The molecule has 3 heterocycles. The Hall–Kier alpha value is -2.16. The number of thiocarbonyl (C=S) groups is 1. The molecule has 2 aromatic heterocycles. The Kier molecular flexibility index (Phi) is 4.68. The molecule has 0 aliphatic carbocycles. The van der Waals surface area contributed by atoms with Gasteiger partial charge in [0, 0.05) is 46.3 Å². The molecule has 25 heavy (non-hydrogen) atoms. The summed E-state index contributed by atoms with van der Waals surface area (Å²) in [6.45, 7) is 9.05. The third kappa shape index (κ3) is 2.97. The normalized spacial score (nSPS) is 15.3. The standard InChI is InChI=1S/C16H25N7OS/c1-10(2)23-14(24)13-12(11(3)19-20(13)5)18-15(23)21-6-8-22(9-7-21)16(25)17-4/h10H,6-9H2,1-5H3,(H,17,25). The van der Waals surface area contributed by atoms with Crippen molar-refractivity contribution in [3.63, 3.8) is 0 Å². The van der Waals surface area contributed by atoms with Crippen molar-refractivity contribution in [2.24, 2.45) is 7.05 Å². The smallest absolute Gasteiger partial charge is 0.281 e. The Labute approximate surface area is 152 Å². The minimum absolute atomic E-state index is 0.0195. The van der Waals surface area contributed by atoms with Crippen molar-refractivity contribution in [3.8, 4) is 0 Å². The van der Waals surface area contributed by atoms with E-state index >= 15 is 0 Å². The van der Waals surface area contributed by atoms with Crippen molar-refractivity contribution < 1.29 is 0 Å². The summed E-state index contributed by atoms with van der Waals surface area (Å²) >= 11 is 5.32. The molecule has 0 atom stereocenters. The van der Waals surface area contributed by atoms with Crippen LogP contribution in [0.4, 0.5) is 5.95 Å². The van der Waals surface area contributed by atoms with Gasteiger partial charge >= 0.3 is 0 Å². The Morgan fingerprint density at radius 3 is 2.44 bits per heavy atom. The van der Waals surface area contributed by atoms with Gasteiger partial charge in [-0.1, -0.05) is 0 Å². The van der Waals surface area contributed by atoms with Crippen LogP contribution in [0, 0.1) is 6.92 Å². The molecular formula is C16H25N7OS. The molecule has 1 saturated heterocycles. The number of rotatable bonds is 2. The summed E-state index contributed by atoms with van der Waals surface area (Å²) in [5.74, 6) is 0.721. The number of aryl methyl sites for hydroxylation is 2. The second-order valence-corrected chi connectivity index (χ2v) is 7.00. The first-order valence-electron chi connectivity index (χ1n) is 8.52. The number of aromatic nitrogens is 4. The lowest BCUT2D eigenvalue weighted by Gasteiger charge is -2.37. The van der Waals surface area contributed by atoms with E-state index in [9.17, 15) is 4.79 Å². The highest BCUT2D eigenvalue weighted by Crippen LogP contribution is 2.21. The fourth-order valence-corrected chi connectivity index (χ4v) is 3.52. The van der Waals surface area contributed by atoms with E-state index in [1.54, 1.807) is 16.3 Å². The summed E-state index contributed by atoms with van der Waals surface area (Å²) in [7, 11) is 3.63. The van der Waals surface area contributed by atoms with E-state index in [4.69, 9.17) is 17.2 Å². The van der Waals surface area contributed by atoms with Crippen LogP contribution in [-0.4, -0.2) is 62.6 Å². The molecule has 2 aromatic rings. The Morgan fingerprint density at radius 1 is 1.24 bits per heavy atom. The first-order valence-corrected chi connectivity index (χ1v) is 8.93. The van der Waals surface area contributed by atoms with Gasteiger partial charge in [-0.15, -0.1) is 0 Å². The molecule has 1 N–H and O–H groups in total. The van der Waals surface area contributed by atoms with Crippen molar-refractivity contribution in [2.75, 3.05) is 38.1 Å². The van der Waals surface area contributed by atoms with E-state index in [0.29, 0.717) is 11.0 Å². The first kappa shape index (κ1) is 17.7. The van der Waals surface area contributed by atoms with Crippen LogP contribution in [0.15, 0.2) is 4.79 Å². The third-order valence-electron chi connectivity index (χ3n) is 4.62. The Bertz CT molecular complexity index is 861. The molecule has 0 radical (unpaired) electrons. The van der Waals surface area contributed by atoms with Crippen LogP contribution < -0.4 is 15.8 Å². The average Bonchev–Trinajstić information content (AvgIpc) is 2.88. The lowest BCUT2D eigenvalue weighted by molar-refractivity contribution is 0.375. The maximum atomic E-state index is 13.1. The molecule has 0 saturated carbocycles. The summed E-state index contributed by atoms with van der Waals surface area (Å²) in [6.07, 6.45) is 0. The predicted molar refractivity (Wildman–Crippen MR) is 103 cm³/mol. The lowest BCUT2D eigenvalue weighted by Crippen LogP contribution is -2.52. The predicted octanol–water partition coefficient (Wildman–Crippen LogP) is 0.646. The summed E-state index contributed by atoms with van der Waals surface area (Å²) in [5.41, 5.74) is 1.99. The van der Waals surface area contributed by atoms with Crippen LogP contribution in [0.5, 0.6) is 0 Å². The topological polar surface area (TPSA) is 71.2 Å². The van der Waals surface area contributed by atoms with Gasteiger partial charge in [0.2, 0.25) is 5.95 Å². The first-order chi connectivity index (χ1) is 11.8. The van der Waals surface area contributed by atoms with Gasteiger partial charge in [0.15, 0.2) is 10.6 Å². The molecule has 3 rings (SSSR count). The fraction of sp³-hybridized carbons (Fsp3) is 0.625. The van der Waals surface area contributed by atoms with Crippen molar-refractivity contribution in [1.82, 2.24) is 29.5 Å². The third-order valence-corrected chi connectivity index (χ3v) is 5.08. The molecule has 0 aromatic carbocycles. The number of anilines is 1. The SMILES string of the molecule is CNC(=S)N1CCN(c2nc3c(C)nn(C)c3c(=O)n2C(C)C)CC1. The Balaban J connectivity index is 2.04. The molecule has 1 aliphatic heterocycles. The van der Waals surface area contributed by atoms with E-state index in [0.717, 1.165) is 42.9 Å². The van der Waals surface area contributed by atoms with E-state index in [1.807, 2.05) is 27.8 Å². The van der Waals surface area contributed by atoms with Crippen LogP contribution in [0.25, 0.3) is 11.0 Å². The van der Waals surface area contributed by atoms with E-state index < -0.39 is 0 Å². The van der Waals surface area contributed by atoms with Crippen LogP contribution in [-0.2, 0) is 7.05 Å². The number of hydrogen-bond acceptors (Lipinski definition) is 5. The number of fused-ring (bicyclic) bond motifs is 1. The van der Waals surface area contributed by atoms with Crippen molar-refractivity contribution >= 4 is 34.3 Å². The van der Waals surface area contributed by atoms with Gasteiger partial charge in [-0.05, 0) is 33.0 Å². The number of piperazine rings is 1. The van der Waals surface area contributed by atoms with Gasteiger partial charge in [-0.25, -0.2) is 4.98 Å². The molecule has 0 unspecified atom stereocenters. The zero-order valence-corrected chi connectivity index (χ0v) is 16.2. The minimum atomic E-state index is -0.0359. The number of nitrogens with one attached hydrogen (secondary N) is 1. The monoisotopic (exact) mass is 363 g/mol.